The number of benzene rings is 1. The van der Waals surface area contributed by atoms with Crippen molar-refractivity contribution >= 4 is 27.6 Å². The minimum absolute atomic E-state index is 0.0643. The van der Waals surface area contributed by atoms with E-state index in [-0.39, 0.29) is 11.8 Å². The Morgan fingerprint density at radius 1 is 1.42 bits per heavy atom. The summed E-state index contributed by atoms with van der Waals surface area (Å²) in [5, 5.41) is 8.96. The maximum Gasteiger partial charge on any atom is 0.304 e. The molecule has 0 atom stereocenters. The van der Waals surface area contributed by atoms with Gasteiger partial charge >= 0.3 is 5.97 Å². The molecule has 0 radical (unpaired) electrons. The molecule has 0 amide bonds. The summed E-state index contributed by atoms with van der Waals surface area (Å²) in [4.78, 5) is 11.9. The second kappa shape index (κ2) is 4.83. The third kappa shape index (κ3) is 2.95. The summed E-state index contributed by atoms with van der Waals surface area (Å²) in [6.07, 6.45) is 4.69. The molecule has 0 bridgehead atoms. The van der Waals surface area contributed by atoms with Gasteiger partial charge in [0.25, 0.3) is 0 Å². The Balaban J connectivity index is 2.48. The topological polar surface area (TPSA) is 71.4 Å². The molecule has 0 aliphatic heterocycles. The monoisotopic (exact) mass is 300 g/mol. The van der Waals surface area contributed by atoms with Gasteiger partial charge in [0.2, 0.25) is 0 Å². The second-order valence-corrected chi connectivity index (χ2v) is 7.82. The van der Waals surface area contributed by atoms with E-state index in [4.69, 9.17) is 5.11 Å². The second-order valence-electron chi connectivity index (χ2n) is 4.99. The molecule has 1 aromatic carbocycles. The number of hydrogen-bond donors (Lipinski definition) is 1. The van der Waals surface area contributed by atoms with Gasteiger partial charge in [-0.05, 0) is 36.8 Å². The highest BCUT2D eigenvalue weighted by Crippen LogP contribution is 2.51. The fraction of sp³-hybridized carbons (Fsp3) is 0.462. The largest absolute Gasteiger partial charge is 0.481 e. The highest BCUT2D eigenvalue weighted by molar-refractivity contribution is 7.99. The highest BCUT2D eigenvalue weighted by atomic mass is 32.2. The molecule has 1 aliphatic carbocycles. The number of thioether (sulfide) groups is 1. The van der Waals surface area contributed by atoms with Gasteiger partial charge in [0.15, 0.2) is 9.84 Å². The van der Waals surface area contributed by atoms with Crippen molar-refractivity contribution < 1.29 is 18.3 Å². The lowest BCUT2D eigenvalue weighted by molar-refractivity contribution is -0.137. The van der Waals surface area contributed by atoms with Crippen LogP contribution in [0.15, 0.2) is 28.0 Å². The van der Waals surface area contributed by atoms with Crippen LogP contribution >= 0.6 is 11.8 Å². The van der Waals surface area contributed by atoms with Gasteiger partial charge in [0.1, 0.15) is 0 Å². The molecule has 1 saturated carbocycles. The van der Waals surface area contributed by atoms with Crippen LogP contribution in [0, 0.1) is 0 Å². The van der Waals surface area contributed by atoms with Gasteiger partial charge in [0, 0.05) is 16.6 Å². The van der Waals surface area contributed by atoms with Crippen LogP contribution in [0.5, 0.6) is 0 Å². The number of rotatable bonds is 5. The summed E-state index contributed by atoms with van der Waals surface area (Å²) in [6, 6.07) is 5.28. The Kier molecular flexibility index (Phi) is 3.66. The minimum Gasteiger partial charge on any atom is -0.481 e. The van der Waals surface area contributed by atoms with Crippen LogP contribution in [-0.4, -0.2) is 32.0 Å². The average Bonchev–Trinajstić information content (AvgIpc) is 3.07. The zero-order chi connectivity index (χ0) is 14.3. The molecule has 19 heavy (non-hydrogen) atoms. The van der Waals surface area contributed by atoms with Crippen molar-refractivity contribution in [3.8, 4) is 0 Å². The quantitative estimate of drug-likeness (QED) is 0.845. The van der Waals surface area contributed by atoms with Gasteiger partial charge in [0.05, 0.1) is 11.3 Å². The molecule has 1 N–H and O–H groups in total. The van der Waals surface area contributed by atoms with Gasteiger partial charge in [-0.15, -0.1) is 11.8 Å². The van der Waals surface area contributed by atoms with Gasteiger partial charge in [-0.3, -0.25) is 4.79 Å². The van der Waals surface area contributed by atoms with Gasteiger partial charge in [-0.2, -0.15) is 0 Å². The van der Waals surface area contributed by atoms with Gasteiger partial charge in [-0.25, -0.2) is 8.42 Å². The van der Waals surface area contributed by atoms with Crippen LogP contribution in [0.1, 0.15) is 24.8 Å². The molecule has 1 fully saturated rings. The van der Waals surface area contributed by atoms with E-state index in [1.165, 1.54) is 18.0 Å². The van der Waals surface area contributed by atoms with Crippen LogP contribution in [0.2, 0.25) is 0 Å². The number of hydrogen-bond acceptors (Lipinski definition) is 4. The first kappa shape index (κ1) is 14.4. The number of carboxylic acids is 1. The Morgan fingerprint density at radius 2 is 2.05 bits per heavy atom. The average molecular weight is 300 g/mol. The Morgan fingerprint density at radius 3 is 2.47 bits per heavy atom. The molecule has 6 heteroatoms. The van der Waals surface area contributed by atoms with E-state index in [1.54, 1.807) is 12.1 Å². The molecule has 4 nitrogen and oxygen atoms in total. The third-order valence-electron chi connectivity index (χ3n) is 3.52. The SMILES string of the molecule is CSc1ccc(C2(CC(=O)O)CC2)cc1S(C)(=O)=O. The predicted octanol–water partition coefficient (Wildman–Crippen LogP) is 2.32. The molecule has 0 unspecified atom stereocenters. The lowest BCUT2D eigenvalue weighted by atomic mass is 9.92. The van der Waals surface area contributed by atoms with E-state index >= 15 is 0 Å². The first-order valence-electron chi connectivity index (χ1n) is 5.89. The molecule has 0 heterocycles. The van der Waals surface area contributed by atoms with E-state index in [9.17, 15) is 13.2 Å². The van der Waals surface area contributed by atoms with Crippen LogP contribution in [0.3, 0.4) is 0 Å². The zero-order valence-corrected chi connectivity index (χ0v) is 12.5. The Labute approximate surface area is 117 Å². The van der Waals surface area contributed by atoms with Crippen LogP contribution in [0.25, 0.3) is 0 Å². The van der Waals surface area contributed by atoms with Crippen molar-refractivity contribution in [1.29, 1.82) is 0 Å². The minimum atomic E-state index is -3.30. The summed E-state index contributed by atoms with van der Waals surface area (Å²) in [7, 11) is -3.30. The number of carboxylic acid groups (broad SMARTS) is 1. The van der Waals surface area contributed by atoms with Gasteiger partial charge < -0.3 is 5.11 Å². The molecule has 1 aromatic rings. The van der Waals surface area contributed by atoms with E-state index in [2.05, 4.69) is 0 Å². The van der Waals surface area contributed by atoms with E-state index in [0.717, 1.165) is 18.4 Å². The fourth-order valence-corrected chi connectivity index (χ4v) is 4.25. The van der Waals surface area contributed by atoms with Crippen molar-refractivity contribution in [2.24, 2.45) is 0 Å². The molecule has 0 aromatic heterocycles. The standard InChI is InChI=1S/C13H16O4S2/c1-18-10-4-3-9(7-11(10)19(2,16)17)13(5-6-13)8-12(14)15/h3-4,7H,5-6,8H2,1-2H3,(H,14,15). The fourth-order valence-electron chi connectivity index (χ4n) is 2.30. The predicted molar refractivity (Wildman–Crippen MR) is 74.5 cm³/mol. The van der Waals surface area contributed by atoms with Crippen molar-refractivity contribution in [2.45, 2.75) is 34.5 Å². The van der Waals surface area contributed by atoms with Crippen LogP contribution in [0.4, 0.5) is 0 Å². The molecule has 1 aliphatic rings. The number of sulfone groups is 1. The summed E-state index contributed by atoms with van der Waals surface area (Å²) in [6.45, 7) is 0. The number of carbonyl (C=O) groups is 1. The highest BCUT2D eigenvalue weighted by Gasteiger charge is 2.46. The molecular formula is C13H16O4S2. The maximum atomic E-state index is 11.8. The molecule has 0 saturated heterocycles. The lowest BCUT2D eigenvalue weighted by Gasteiger charge is -2.15. The first-order valence-corrected chi connectivity index (χ1v) is 9.00. The summed E-state index contributed by atoms with van der Waals surface area (Å²) in [5.74, 6) is -0.840. The van der Waals surface area contributed by atoms with Crippen molar-refractivity contribution in [3.05, 3.63) is 23.8 Å². The van der Waals surface area contributed by atoms with E-state index in [0.29, 0.717) is 9.79 Å². The van der Waals surface area contributed by atoms with Gasteiger partial charge in [-0.1, -0.05) is 6.07 Å². The van der Waals surface area contributed by atoms with Crippen molar-refractivity contribution in [3.63, 3.8) is 0 Å². The molecule has 104 valence electrons. The van der Waals surface area contributed by atoms with Crippen LogP contribution < -0.4 is 0 Å². The van der Waals surface area contributed by atoms with E-state index < -0.39 is 15.8 Å². The van der Waals surface area contributed by atoms with Crippen molar-refractivity contribution in [1.82, 2.24) is 0 Å². The zero-order valence-electron chi connectivity index (χ0n) is 10.8. The molecule has 2 rings (SSSR count). The maximum absolute atomic E-state index is 11.8. The van der Waals surface area contributed by atoms with E-state index in [1.807, 2.05) is 12.3 Å². The summed E-state index contributed by atoms with van der Waals surface area (Å²) in [5.41, 5.74) is 0.468. The van der Waals surface area contributed by atoms with Crippen molar-refractivity contribution in [2.75, 3.05) is 12.5 Å². The normalized spacial score (nSPS) is 17.2. The summed E-state index contributed by atoms with van der Waals surface area (Å²) >= 11 is 1.38. The lowest BCUT2D eigenvalue weighted by Crippen LogP contribution is -2.14. The third-order valence-corrected chi connectivity index (χ3v) is 5.58. The van der Waals surface area contributed by atoms with Crippen LogP contribution in [-0.2, 0) is 20.0 Å². The number of aliphatic carboxylic acids is 1. The first-order chi connectivity index (χ1) is 8.78. The molecule has 0 spiro atoms. The molecular weight excluding hydrogens is 284 g/mol. The Hall–Kier alpha value is -1.01. The summed E-state index contributed by atoms with van der Waals surface area (Å²) < 4.78 is 23.6. The Bertz CT molecular complexity index is 616. The smallest absolute Gasteiger partial charge is 0.304 e.